The van der Waals surface area contributed by atoms with Gasteiger partial charge in [-0.2, -0.15) is 26.3 Å². The normalized spacial score (nSPS) is 26.6. The van der Waals surface area contributed by atoms with E-state index in [2.05, 4.69) is 0 Å². The summed E-state index contributed by atoms with van der Waals surface area (Å²) >= 11 is 0. The number of phenolic OH excluding ortho intramolecular Hbond substituents is 1. The maximum absolute atomic E-state index is 15.3. The van der Waals surface area contributed by atoms with Crippen molar-refractivity contribution in [3.05, 3.63) is 148 Å². The highest BCUT2D eigenvalue weighted by Gasteiger charge is 2.66. The number of phenols is 1. The molecule has 1 aliphatic heterocycles. The van der Waals surface area contributed by atoms with E-state index in [0.717, 1.165) is 12.1 Å². The van der Waals surface area contributed by atoms with Crippen LogP contribution in [0, 0.1) is 29.5 Å². The second-order valence-electron chi connectivity index (χ2n) is 14.3. The number of nitrogens with zero attached hydrogens (tertiary/aromatic N) is 1. The van der Waals surface area contributed by atoms with Gasteiger partial charge >= 0.3 is 12.4 Å². The van der Waals surface area contributed by atoms with Crippen molar-refractivity contribution >= 4 is 34.6 Å². The number of Topliss-reactive ketones (excluding diaryl/α,β-unsaturated/α-hetero) is 1. The Morgan fingerprint density at radius 1 is 0.727 bits per heavy atom. The Bertz CT molecular complexity index is 2320. The van der Waals surface area contributed by atoms with Crippen LogP contribution in [0.5, 0.6) is 5.75 Å². The average molecular weight is 760 g/mol. The molecule has 2 amide bonds. The number of rotatable bonds is 4. The number of carbonyl (C=O) groups is 4. The molecule has 55 heavy (non-hydrogen) atoms. The van der Waals surface area contributed by atoms with Crippen LogP contribution in [0.25, 0.3) is 5.57 Å². The molecule has 1 N–H and O–H groups in total. The molecule has 1 saturated carbocycles. The first kappa shape index (κ1) is 36.1. The predicted molar refractivity (Wildman–Crippen MR) is 184 cm³/mol. The summed E-state index contributed by atoms with van der Waals surface area (Å²) in [7, 11) is 0. The zero-order chi connectivity index (χ0) is 39.2. The Hall–Kier alpha value is -5.85. The number of aromatic hydroxyl groups is 1. The number of amides is 2. The standard InChI is InChI=1S/C42H28F7NO5/c43-32-15-22(11-14-33(32)51)36-27-12-13-28-35(39(55)50(38(28)54)26-17-24(41(44,45)46)16-25(18-26)42(47,48)49)30(27)19-31-37(53)29(21-7-3-1-4-8-21)20-34(52)40(31,36)23-9-5-2-6-10-23/h1-12,14-18,20,28,30-31,35-36,51H,13,19H2/t28-,30+,31-,35-,36-,40-/m0/s1. The number of benzene rings is 4. The number of halogens is 7. The molecule has 1 saturated heterocycles. The molecule has 0 aromatic heterocycles. The third-order valence-corrected chi connectivity index (χ3v) is 11.5. The van der Waals surface area contributed by atoms with Crippen molar-refractivity contribution in [1.29, 1.82) is 0 Å². The summed E-state index contributed by atoms with van der Waals surface area (Å²) < 4.78 is 98.5. The van der Waals surface area contributed by atoms with Gasteiger partial charge in [-0.1, -0.05) is 78.4 Å². The third kappa shape index (κ3) is 5.53. The number of hydrogen-bond donors (Lipinski definition) is 1. The molecule has 0 spiro atoms. The fourth-order valence-electron chi connectivity index (χ4n) is 9.27. The van der Waals surface area contributed by atoms with E-state index in [1.165, 1.54) is 12.1 Å². The first-order valence-corrected chi connectivity index (χ1v) is 17.3. The minimum atomic E-state index is -5.25. The number of fused-ring (bicyclic) bond motifs is 4. The van der Waals surface area contributed by atoms with Crippen molar-refractivity contribution in [2.24, 2.45) is 23.7 Å². The van der Waals surface area contributed by atoms with Crippen molar-refractivity contribution in [1.82, 2.24) is 0 Å². The van der Waals surface area contributed by atoms with E-state index in [1.54, 1.807) is 66.7 Å². The molecule has 0 bridgehead atoms. The van der Waals surface area contributed by atoms with Gasteiger partial charge < -0.3 is 5.11 Å². The van der Waals surface area contributed by atoms with E-state index in [1.807, 2.05) is 0 Å². The number of alkyl halides is 6. The van der Waals surface area contributed by atoms with Crippen molar-refractivity contribution in [2.45, 2.75) is 36.5 Å². The fraction of sp³-hybridized carbons (Fsp3) is 0.238. The lowest BCUT2D eigenvalue weighted by Gasteiger charge is -2.55. The molecule has 4 aromatic carbocycles. The molecule has 8 rings (SSSR count). The maximum atomic E-state index is 15.3. The molecule has 6 atom stereocenters. The van der Waals surface area contributed by atoms with Gasteiger partial charge in [0, 0.05) is 17.4 Å². The van der Waals surface area contributed by atoms with Crippen LogP contribution in [0.4, 0.5) is 36.4 Å². The average Bonchev–Trinajstić information content (AvgIpc) is 3.42. The summed E-state index contributed by atoms with van der Waals surface area (Å²) in [6.45, 7) is 0. The van der Waals surface area contributed by atoms with Crippen molar-refractivity contribution in [3.63, 3.8) is 0 Å². The van der Waals surface area contributed by atoms with Gasteiger partial charge in [0.1, 0.15) is 0 Å². The van der Waals surface area contributed by atoms with Crippen molar-refractivity contribution < 1.29 is 55.0 Å². The van der Waals surface area contributed by atoms with Gasteiger partial charge in [0.15, 0.2) is 23.1 Å². The number of anilines is 1. The molecule has 2 fully saturated rings. The zero-order valence-electron chi connectivity index (χ0n) is 28.4. The first-order chi connectivity index (χ1) is 26.0. The summed E-state index contributed by atoms with van der Waals surface area (Å²) in [6, 6.07) is 20.8. The molecule has 4 aliphatic rings. The van der Waals surface area contributed by atoms with Gasteiger partial charge in [-0.05, 0) is 71.9 Å². The fourth-order valence-corrected chi connectivity index (χ4v) is 9.27. The predicted octanol–water partition coefficient (Wildman–Crippen LogP) is 8.60. The smallest absolute Gasteiger partial charge is 0.416 e. The topological polar surface area (TPSA) is 91.8 Å². The Labute approximate surface area is 308 Å². The minimum Gasteiger partial charge on any atom is -0.505 e. The van der Waals surface area contributed by atoms with Crippen LogP contribution in [0.2, 0.25) is 0 Å². The van der Waals surface area contributed by atoms with Gasteiger partial charge in [0.05, 0.1) is 34.1 Å². The van der Waals surface area contributed by atoms with Crippen LogP contribution in [0.1, 0.15) is 46.6 Å². The summed E-state index contributed by atoms with van der Waals surface area (Å²) in [4.78, 5) is 58.7. The highest BCUT2D eigenvalue weighted by molar-refractivity contribution is 6.32. The summed E-state index contributed by atoms with van der Waals surface area (Å²) in [5, 5.41) is 10.2. The molecule has 6 nitrogen and oxygen atoms in total. The van der Waals surface area contributed by atoms with Crippen LogP contribution in [0.15, 0.2) is 115 Å². The quantitative estimate of drug-likeness (QED) is 0.128. The molecule has 3 aliphatic carbocycles. The molecular formula is C42H28F7NO5. The Morgan fingerprint density at radius 3 is 1.95 bits per heavy atom. The van der Waals surface area contributed by atoms with Crippen LogP contribution in [0.3, 0.4) is 0 Å². The second-order valence-corrected chi connectivity index (χ2v) is 14.3. The molecular weight excluding hydrogens is 731 g/mol. The molecule has 0 radical (unpaired) electrons. The van der Waals surface area contributed by atoms with E-state index in [0.29, 0.717) is 33.7 Å². The highest BCUT2D eigenvalue weighted by atomic mass is 19.4. The molecule has 280 valence electrons. The van der Waals surface area contributed by atoms with E-state index < -0.39 is 99.1 Å². The SMILES string of the molecule is O=C1C(c2ccccc2)=CC(=O)[C@@]2(c3ccccc3)[C@@H](c3ccc(O)c(F)c3)C3=CC[C@@H]4C(=O)N(c5cc(C(F)(F)F)cc(C(F)(F)F)c5)C(=O)[C@@H]4[C@@H]3C[C@@H]12. The number of carbonyl (C=O) groups excluding carboxylic acids is 4. The summed E-state index contributed by atoms with van der Waals surface area (Å²) in [6.07, 6.45) is -8.04. The van der Waals surface area contributed by atoms with Gasteiger partial charge in [-0.3, -0.25) is 19.2 Å². The maximum Gasteiger partial charge on any atom is 0.416 e. The minimum absolute atomic E-state index is 0.0803. The monoisotopic (exact) mass is 759 g/mol. The summed E-state index contributed by atoms with van der Waals surface area (Å²) in [5.74, 6) is -10.8. The van der Waals surface area contributed by atoms with E-state index in [-0.39, 0.29) is 30.0 Å². The third-order valence-electron chi connectivity index (χ3n) is 11.5. The molecule has 13 heteroatoms. The zero-order valence-corrected chi connectivity index (χ0v) is 28.4. The van der Waals surface area contributed by atoms with Gasteiger partial charge in [0.25, 0.3) is 0 Å². The lowest BCUT2D eigenvalue weighted by molar-refractivity contribution is -0.143. The largest absolute Gasteiger partial charge is 0.505 e. The molecule has 1 heterocycles. The van der Waals surface area contributed by atoms with E-state index in [4.69, 9.17) is 0 Å². The van der Waals surface area contributed by atoms with Crippen molar-refractivity contribution in [2.75, 3.05) is 4.90 Å². The van der Waals surface area contributed by atoms with E-state index >= 15 is 4.39 Å². The van der Waals surface area contributed by atoms with Crippen LogP contribution in [-0.2, 0) is 36.9 Å². The Balaban J connectivity index is 1.33. The number of allylic oxidation sites excluding steroid dienone is 4. The highest BCUT2D eigenvalue weighted by Crippen LogP contribution is 2.64. The lowest BCUT2D eigenvalue weighted by atomic mass is 9.44. The first-order valence-electron chi connectivity index (χ1n) is 17.3. The number of hydrogen-bond acceptors (Lipinski definition) is 5. The van der Waals surface area contributed by atoms with Crippen molar-refractivity contribution in [3.8, 4) is 5.75 Å². The number of imide groups is 1. The summed E-state index contributed by atoms with van der Waals surface area (Å²) in [5.41, 5.74) is -4.60. The van der Waals surface area contributed by atoms with E-state index in [9.17, 15) is 50.6 Å². The van der Waals surface area contributed by atoms with Gasteiger partial charge in [-0.15, -0.1) is 0 Å². The van der Waals surface area contributed by atoms with Gasteiger partial charge in [-0.25, -0.2) is 9.29 Å². The lowest BCUT2D eigenvalue weighted by Crippen LogP contribution is -2.58. The number of ketones is 2. The Morgan fingerprint density at radius 2 is 1.35 bits per heavy atom. The Kier molecular flexibility index (Phi) is 8.28. The molecule has 0 unspecified atom stereocenters. The van der Waals surface area contributed by atoms with Crippen LogP contribution >= 0.6 is 0 Å². The van der Waals surface area contributed by atoms with Gasteiger partial charge in [0.2, 0.25) is 11.8 Å². The molecule has 4 aromatic rings. The second kappa shape index (κ2) is 12.6. The van der Waals surface area contributed by atoms with Crippen LogP contribution in [-0.4, -0.2) is 28.5 Å². The van der Waals surface area contributed by atoms with Crippen LogP contribution < -0.4 is 4.90 Å².